The van der Waals surface area contributed by atoms with E-state index in [0.29, 0.717) is 29.8 Å². The minimum absolute atomic E-state index is 0.548. The van der Waals surface area contributed by atoms with Crippen LogP contribution >= 0.6 is 11.3 Å². The Morgan fingerprint density at radius 2 is 1.59 bits per heavy atom. The van der Waals surface area contributed by atoms with Crippen molar-refractivity contribution < 1.29 is 14.0 Å². The zero-order valence-corrected chi connectivity index (χ0v) is 20.1. The molecule has 1 fully saturated rings. The van der Waals surface area contributed by atoms with Crippen molar-refractivity contribution in [1.29, 1.82) is 0 Å². The second-order valence-electron chi connectivity index (χ2n) is 8.14. The van der Waals surface area contributed by atoms with Gasteiger partial charge in [-0.3, -0.25) is 9.80 Å². The minimum Gasteiger partial charge on any atom is -0.493 e. The maximum atomic E-state index is 5.52. The van der Waals surface area contributed by atoms with Crippen LogP contribution in [0.1, 0.15) is 11.6 Å². The Morgan fingerprint density at radius 1 is 0.853 bits per heavy atom. The predicted octanol–water partition coefficient (Wildman–Crippen LogP) is 4.20. The molecule has 0 aliphatic carbocycles. The molecule has 1 aliphatic rings. The highest BCUT2D eigenvalue weighted by Gasteiger charge is 2.21. The number of piperazine rings is 1. The number of hydrogen-bond donors (Lipinski definition) is 0. The number of nitrogens with zero attached hydrogens (tertiary/aromatic N) is 5. The lowest BCUT2D eigenvalue weighted by molar-refractivity contribution is 0.111. The first-order valence-electron chi connectivity index (χ1n) is 11.2. The summed E-state index contributed by atoms with van der Waals surface area (Å²) in [6, 6.07) is 15.9. The van der Waals surface area contributed by atoms with Crippen LogP contribution in [0.5, 0.6) is 11.5 Å². The predicted molar refractivity (Wildman–Crippen MR) is 131 cm³/mol. The summed E-state index contributed by atoms with van der Waals surface area (Å²) < 4.78 is 16.2. The average molecular weight is 478 g/mol. The van der Waals surface area contributed by atoms with E-state index < -0.39 is 0 Å². The van der Waals surface area contributed by atoms with Gasteiger partial charge < -0.3 is 14.0 Å². The first kappa shape index (κ1) is 22.5. The van der Waals surface area contributed by atoms with Crippen molar-refractivity contribution in [3.8, 4) is 33.5 Å². The van der Waals surface area contributed by atoms with Gasteiger partial charge in [0.15, 0.2) is 11.5 Å². The second kappa shape index (κ2) is 10.3. The fourth-order valence-electron chi connectivity index (χ4n) is 4.03. The lowest BCUT2D eigenvalue weighted by Crippen LogP contribution is -2.45. The number of aromatic nitrogens is 3. The van der Waals surface area contributed by atoms with Gasteiger partial charge in [-0.15, -0.1) is 11.3 Å². The molecule has 0 bridgehead atoms. The SMILES string of the molecule is COc1ccc(-c2noc(CN3CCN(Cc4csc(-c5ccccc5)n4)CC3)n2)cc1OC. The van der Waals surface area contributed by atoms with Crippen molar-refractivity contribution in [1.82, 2.24) is 24.9 Å². The lowest BCUT2D eigenvalue weighted by atomic mass is 10.2. The van der Waals surface area contributed by atoms with Crippen molar-refractivity contribution in [2.75, 3.05) is 40.4 Å². The molecule has 4 aromatic rings. The van der Waals surface area contributed by atoms with E-state index in [1.54, 1.807) is 25.6 Å². The molecule has 9 heteroatoms. The van der Waals surface area contributed by atoms with Gasteiger partial charge >= 0.3 is 0 Å². The summed E-state index contributed by atoms with van der Waals surface area (Å²) in [4.78, 5) is 14.2. The van der Waals surface area contributed by atoms with Gasteiger partial charge in [-0.2, -0.15) is 4.98 Å². The zero-order valence-electron chi connectivity index (χ0n) is 19.3. The van der Waals surface area contributed by atoms with Crippen LogP contribution in [0.25, 0.3) is 22.0 Å². The van der Waals surface area contributed by atoms with Crippen molar-refractivity contribution in [2.24, 2.45) is 0 Å². The maximum Gasteiger partial charge on any atom is 0.241 e. The largest absolute Gasteiger partial charge is 0.493 e. The monoisotopic (exact) mass is 477 g/mol. The van der Waals surface area contributed by atoms with Gasteiger partial charge in [-0.25, -0.2) is 4.98 Å². The van der Waals surface area contributed by atoms with Crippen LogP contribution in [0.2, 0.25) is 0 Å². The standard InChI is InChI=1S/C25H27N5O3S/c1-31-21-9-8-19(14-22(21)32-2)24-27-23(33-28-24)16-30-12-10-29(11-13-30)15-20-17-34-25(26-20)18-6-4-3-5-7-18/h3-9,14,17H,10-13,15-16H2,1-2H3. The molecule has 176 valence electrons. The number of methoxy groups -OCH3 is 2. The zero-order chi connectivity index (χ0) is 23.3. The van der Waals surface area contributed by atoms with E-state index in [1.807, 2.05) is 24.3 Å². The average Bonchev–Trinajstić information content (AvgIpc) is 3.55. The van der Waals surface area contributed by atoms with Crippen LogP contribution in [-0.4, -0.2) is 65.3 Å². The van der Waals surface area contributed by atoms with Crippen molar-refractivity contribution >= 4 is 11.3 Å². The second-order valence-corrected chi connectivity index (χ2v) is 9.00. The molecule has 2 aromatic heterocycles. The molecule has 0 unspecified atom stereocenters. The Morgan fingerprint density at radius 3 is 2.32 bits per heavy atom. The van der Waals surface area contributed by atoms with Crippen molar-refractivity contribution in [2.45, 2.75) is 13.1 Å². The van der Waals surface area contributed by atoms with E-state index in [1.165, 1.54) is 5.56 Å². The summed E-state index contributed by atoms with van der Waals surface area (Å²) in [5.41, 5.74) is 3.14. The number of thiazole rings is 1. The Hall–Kier alpha value is -3.27. The molecular weight excluding hydrogens is 450 g/mol. The maximum absolute atomic E-state index is 5.52. The summed E-state index contributed by atoms with van der Waals surface area (Å²) in [5, 5.41) is 7.40. The van der Waals surface area contributed by atoms with Crippen LogP contribution in [0, 0.1) is 0 Å². The van der Waals surface area contributed by atoms with Gasteiger partial charge in [0.05, 0.1) is 26.5 Å². The van der Waals surface area contributed by atoms with E-state index in [0.717, 1.165) is 49.0 Å². The van der Waals surface area contributed by atoms with Crippen molar-refractivity contribution in [3.05, 3.63) is 65.5 Å². The van der Waals surface area contributed by atoms with E-state index >= 15 is 0 Å². The molecule has 0 radical (unpaired) electrons. The van der Waals surface area contributed by atoms with E-state index in [2.05, 4.69) is 49.6 Å². The van der Waals surface area contributed by atoms with Crippen LogP contribution in [0.4, 0.5) is 0 Å². The molecule has 8 nitrogen and oxygen atoms in total. The summed E-state index contributed by atoms with van der Waals surface area (Å²) in [7, 11) is 3.22. The summed E-state index contributed by atoms with van der Waals surface area (Å²) in [6.45, 7) is 5.38. The van der Waals surface area contributed by atoms with Gasteiger partial charge in [0.1, 0.15) is 5.01 Å². The van der Waals surface area contributed by atoms with Gasteiger partial charge in [0.25, 0.3) is 0 Å². The highest BCUT2D eigenvalue weighted by atomic mass is 32.1. The van der Waals surface area contributed by atoms with E-state index in [-0.39, 0.29) is 0 Å². The molecule has 3 heterocycles. The fraction of sp³-hybridized carbons (Fsp3) is 0.320. The van der Waals surface area contributed by atoms with E-state index in [9.17, 15) is 0 Å². The molecule has 2 aromatic carbocycles. The number of ether oxygens (including phenoxy) is 2. The van der Waals surface area contributed by atoms with Crippen LogP contribution in [0.15, 0.2) is 58.4 Å². The van der Waals surface area contributed by atoms with Crippen LogP contribution in [0.3, 0.4) is 0 Å². The molecule has 0 atom stereocenters. The summed E-state index contributed by atoms with van der Waals surface area (Å²) >= 11 is 1.71. The third-order valence-electron chi connectivity index (χ3n) is 5.89. The Kier molecular flexibility index (Phi) is 6.84. The number of rotatable bonds is 8. The molecule has 1 aliphatic heterocycles. The van der Waals surface area contributed by atoms with Crippen LogP contribution < -0.4 is 9.47 Å². The van der Waals surface area contributed by atoms with Gasteiger partial charge in [0, 0.05) is 49.2 Å². The van der Waals surface area contributed by atoms with Gasteiger partial charge in [-0.05, 0) is 18.2 Å². The first-order valence-corrected chi connectivity index (χ1v) is 12.1. The minimum atomic E-state index is 0.548. The molecular formula is C25H27N5O3S. The van der Waals surface area contributed by atoms with Gasteiger partial charge in [0.2, 0.25) is 11.7 Å². The first-order chi connectivity index (χ1) is 16.7. The molecule has 0 saturated carbocycles. The Bertz CT molecular complexity index is 1220. The molecule has 0 amide bonds. The topological polar surface area (TPSA) is 76.8 Å². The highest BCUT2D eigenvalue weighted by molar-refractivity contribution is 7.13. The fourth-order valence-corrected chi connectivity index (χ4v) is 4.85. The number of benzene rings is 2. The van der Waals surface area contributed by atoms with Crippen LogP contribution in [-0.2, 0) is 13.1 Å². The summed E-state index contributed by atoms with van der Waals surface area (Å²) in [5.74, 6) is 2.47. The molecule has 0 spiro atoms. The molecule has 5 rings (SSSR count). The third-order valence-corrected chi connectivity index (χ3v) is 6.83. The molecule has 34 heavy (non-hydrogen) atoms. The third kappa shape index (κ3) is 5.11. The number of hydrogen-bond acceptors (Lipinski definition) is 9. The smallest absolute Gasteiger partial charge is 0.241 e. The molecule has 1 saturated heterocycles. The van der Waals surface area contributed by atoms with Gasteiger partial charge in [-0.1, -0.05) is 35.5 Å². The lowest BCUT2D eigenvalue weighted by Gasteiger charge is -2.33. The summed E-state index contributed by atoms with van der Waals surface area (Å²) in [6.07, 6.45) is 0. The Balaban J connectivity index is 1.14. The Labute approximate surface area is 202 Å². The quantitative estimate of drug-likeness (QED) is 0.374. The van der Waals surface area contributed by atoms with E-state index in [4.69, 9.17) is 19.0 Å². The van der Waals surface area contributed by atoms with Crippen molar-refractivity contribution in [3.63, 3.8) is 0 Å². The molecule has 0 N–H and O–H groups in total. The highest BCUT2D eigenvalue weighted by Crippen LogP contribution is 2.31. The normalized spacial score (nSPS) is 14.9.